The van der Waals surface area contributed by atoms with Gasteiger partial charge in [-0.05, 0) is 6.92 Å². The zero-order chi connectivity index (χ0) is 11.8. The highest BCUT2D eigenvalue weighted by Gasteiger charge is 2.00. The van der Waals surface area contributed by atoms with Gasteiger partial charge >= 0.3 is 0 Å². The molecule has 0 aliphatic rings. The predicted molar refractivity (Wildman–Crippen MR) is 60.4 cm³/mol. The van der Waals surface area contributed by atoms with E-state index in [0.29, 0.717) is 31.2 Å². The van der Waals surface area contributed by atoms with Crippen LogP contribution in [0.3, 0.4) is 0 Å². The van der Waals surface area contributed by atoms with E-state index in [9.17, 15) is 4.79 Å². The Morgan fingerprint density at radius 3 is 2.69 bits per heavy atom. The second-order valence-corrected chi connectivity index (χ2v) is 3.08. The first-order chi connectivity index (χ1) is 7.76. The molecule has 1 aromatic rings. The molecule has 0 radical (unpaired) electrons. The van der Waals surface area contributed by atoms with Crippen LogP contribution in [0, 0.1) is 0 Å². The van der Waals surface area contributed by atoms with Crippen molar-refractivity contribution in [1.82, 2.24) is 15.3 Å². The number of carbonyl (C=O) groups excluding carboxylic acids is 1. The largest absolute Gasteiger partial charge is 0.494 e. The van der Waals surface area contributed by atoms with Crippen molar-refractivity contribution in [2.75, 3.05) is 25.5 Å². The van der Waals surface area contributed by atoms with Gasteiger partial charge in [-0.2, -0.15) is 0 Å². The van der Waals surface area contributed by atoms with Gasteiger partial charge in [0, 0.05) is 19.5 Å². The van der Waals surface area contributed by atoms with Gasteiger partial charge in [-0.25, -0.2) is 9.97 Å². The molecule has 0 atom stereocenters. The maximum Gasteiger partial charge on any atom is 0.222 e. The lowest BCUT2D eigenvalue weighted by atomic mass is 10.4. The van der Waals surface area contributed by atoms with Gasteiger partial charge in [-0.1, -0.05) is 0 Å². The van der Waals surface area contributed by atoms with Crippen LogP contribution in [0.15, 0.2) is 12.4 Å². The maximum absolute atomic E-state index is 11.1. The summed E-state index contributed by atoms with van der Waals surface area (Å²) < 4.78 is 4.93. The van der Waals surface area contributed by atoms with E-state index in [-0.39, 0.29) is 5.91 Å². The SMILES string of the molecule is CCNC(=O)CCNc1ncc(OC)cn1. The average Bonchev–Trinajstić information content (AvgIpc) is 2.30. The number of nitrogens with zero attached hydrogens (tertiary/aromatic N) is 2. The van der Waals surface area contributed by atoms with E-state index >= 15 is 0 Å². The monoisotopic (exact) mass is 224 g/mol. The van der Waals surface area contributed by atoms with Crippen LogP contribution >= 0.6 is 0 Å². The van der Waals surface area contributed by atoms with E-state index in [4.69, 9.17) is 4.74 Å². The highest BCUT2D eigenvalue weighted by molar-refractivity contribution is 5.76. The summed E-state index contributed by atoms with van der Waals surface area (Å²) in [5.74, 6) is 1.11. The minimum Gasteiger partial charge on any atom is -0.494 e. The average molecular weight is 224 g/mol. The predicted octanol–water partition coefficient (Wildman–Crippen LogP) is 0.423. The number of anilines is 1. The van der Waals surface area contributed by atoms with E-state index in [1.54, 1.807) is 19.5 Å². The minimum atomic E-state index is 0.0171. The molecule has 0 bridgehead atoms. The molecule has 1 aromatic heterocycles. The molecule has 1 amide bonds. The molecule has 2 N–H and O–H groups in total. The number of ether oxygens (including phenoxy) is 1. The molecule has 6 nitrogen and oxygen atoms in total. The first kappa shape index (κ1) is 12.2. The topological polar surface area (TPSA) is 76.1 Å². The van der Waals surface area contributed by atoms with Crippen LogP contribution in [0.25, 0.3) is 0 Å². The number of carbonyl (C=O) groups is 1. The molecule has 0 aromatic carbocycles. The molecule has 1 rings (SSSR count). The second-order valence-electron chi connectivity index (χ2n) is 3.08. The van der Waals surface area contributed by atoms with Gasteiger partial charge < -0.3 is 15.4 Å². The lowest BCUT2D eigenvalue weighted by molar-refractivity contribution is -0.120. The van der Waals surface area contributed by atoms with Crippen LogP contribution in [0.2, 0.25) is 0 Å². The molecule has 0 unspecified atom stereocenters. The molecule has 0 aliphatic heterocycles. The molecule has 88 valence electrons. The van der Waals surface area contributed by atoms with Crippen LogP contribution in [0.4, 0.5) is 5.95 Å². The highest BCUT2D eigenvalue weighted by Crippen LogP contribution is 2.06. The summed E-state index contributed by atoms with van der Waals surface area (Å²) >= 11 is 0. The summed E-state index contributed by atoms with van der Waals surface area (Å²) in [6, 6.07) is 0. The minimum absolute atomic E-state index is 0.0171. The van der Waals surface area contributed by atoms with Crippen LogP contribution in [0.1, 0.15) is 13.3 Å². The Bertz CT molecular complexity index is 326. The Hall–Kier alpha value is -1.85. The number of methoxy groups -OCH3 is 1. The summed E-state index contributed by atoms with van der Waals surface area (Å²) in [5.41, 5.74) is 0. The molecule has 0 saturated heterocycles. The molecule has 1 heterocycles. The Labute approximate surface area is 94.4 Å². The van der Waals surface area contributed by atoms with Crippen LogP contribution in [0.5, 0.6) is 5.75 Å². The Morgan fingerprint density at radius 2 is 2.12 bits per heavy atom. The third-order valence-electron chi connectivity index (χ3n) is 1.87. The summed E-state index contributed by atoms with van der Waals surface area (Å²) in [6.07, 6.45) is 3.55. The zero-order valence-corrected chi connectivity index (χ0v) is 9.49. The zero-order valence-electron chi connectivity index (χ0n) is 9.49. The quantitative estimate of drug-likeness (QED) is 0.732. The molecular formula is C10H16N4O2. The Morgan fingerprint density at radius 1 is 1.44 bits per heavy atom. The van der Waals surface area contributed by atoms with Gasteiger partial charge in [-0.3, -0.25) is 4.79 Å². The van der Waals surface area contributed by atoms with E-state index in [1.807, 2.05) is 6.92 Å². The lowest BCUT2D eigenvalue weighted by Crippen LogP contribution is -2.25. The van der Waals surface area contributed by atoms with Crippen molar-refractivity contribution in [3.8, 4) is 5.75 Å². The molecule has 0 saturated carbocycles. The number of hydrogen-bond acceptors (Lipinski definition) is 5. The highest BCUT2D eigenvalue weighted by atomic mass is 16.5. The first-order valence-electron chi connectivity index (χ1n) is 5.13. The number of hydrogen-bond donors (Lipinski definition) is 2. The smallest absolute Gasteiger partial charge is 0.222 e. The fourth-order valence-corrected chi connectivity index (χ4v) is 1.09. The summed E-state index contributed by atoms with van der Waals surface area (Å²) in [5, 5.41) is 5.66. The van der Waals surface area contributed by atoms with Crippen molar-refractivity contribution in [3.05, 3.63) is 12.4 Å². The molecule has 0 spiro atoms. The third kappa shape index (κ3) is 4.12. The van der Waals surface area contributed by atoms with E-state index in [2.05, 4.69) is 20.6 Å². The number of aromatic nitrogens is 2. The van der Waals surface area contributed by atoms with Crippen molar-refractivity contribution in [2.24, 2.45) is 0 Å². The fourth-order valence-electron chi connectivity index (χ4n) is 1.09. The molecule has 16 heavy (non-hydrogen) atoms. The van der Waals surface area contributed by atoms with Gasteiger partial charge in [0.2, 0.25) is 11.9 Å². The van der Waals surface area contributed by atoms with Gasteiger partial charge in [0.15, 0.2) is 5.75 Å². The van der Waals surface area contributed by atoms with E-state index in [0.717, 1.165) is 0 Å². The van der Waals surface area contributed by atoms with Crippen molar-refractivity contribution < 1.29 is 9.53 Å². The number of rotatable bonds is 6. The first-order valence-corrected chi connectivity index (χ1v) is 5.13. The van der Waals surface area contributed by atoms with Crippen LogP contribution < -0.4 is 15.4 Å². The molecular weight excluding hydrogens is 208 g/mol. The summed E-state index contributed by atoms with van der Waals surface area (Å²) in [6.45, 7) is 3.05. The van der Waals surface area contributed by atoms with Gasteiger partial charge in [0.25, 0.3) is 0 Å². The van der Waals surface area contributed by atoms with Crippen molar-refractivity contribution in [1.29, 1.82) is 0 Å². The molecule has 0 aliphatic carbocycles. The Kier molecular flexibility index (Phi) is 5.04. The van der Waals surface area contributed by atoms with Crippen molar-refractivity contribution in [3.63, 3.8) is 0 Å². The third-order valence-corrected chi connectivity index (χ3v) is 1.87. The maximum atomic E-state index is 11.1. The number of amides is 1. The Balaban J connectivity index is 2.29. The van der Waals surface area contributed by atoms with Gasteiger partial charge in [-0.15, -0.1) is 0 Å². The van der Waals surface area contributed by atoms with Gasteiger partial charge in [0.1, 0.15) is 0 Å². The van der Waals surface area contributed by atoms with Crippen molar-refractivity contribution >= 4 is 11.9 Å². The van der Waals surface area contributed by atoms with E-state index < -0.39 is 0 Å². The van der Waals surface area contributed by atoms with Crippen molar-refractivity contribution in [2.45, 2.75) is 13.3 Å². The lowest BCUT2D eigenvalue weighted by Gasteiger charge is -2.05. The normalized spacial score (nSPS) is 9.62. The van der Waals surface area contributed by atoms with Gasteiger partial charge in [0.05, 0.1) is 19.5 Å². The number of nitrogens with one attached hydrogen (secondary N) is 2. The van der Waals surface area contributed by atoms with Crippen LogP contribution in [-0.2, 0) is 4.79 Å². The molecule has 6 heteroatoms. The van der Waals surface area contributed by atoms with Crippen LogP contribution in [-0.4, -0.2) is 36.1 Å². The van der Waals surface area contributed by atoms with E-state index in [1.165, 1.54) is 0 Å². The summed E-state index contributed by atoms with van der Waals surface area (Å²) in [4.78, 5) is 19.1. The standard InChI is InChI=1S/C10H16N4O2/c1-3-11-9(15)4-5-12-10-13-6-8(16-2)7-14-10/h6-7H,3-5H2,1-2H3,(H,11,15)(H,12,13,14). The molecule has 0 fully saturated rings. The second kappa shape index (κ2) is 6.60. The fraction of sp³-hybridized carbons (Fsp3) is 0.500. The summed E-state index contributed by atoms with van der Waals surface area (Å²) in [7, 11) is 1.56.